The van der Waals surface area contributed by atoms with Crippen molar-refractivity contribution in [3.8, 4) is 0 Å². The predicted octanol–water partition coefficient (Wildman–Crippen LogP) is -4.24. The average molecular weight is 200 g/mol. The molecule has 3 nitrogen and oxygen atoms in total. The molecule has 0 saturated carbocycles. The van der Waals surface area contributed by atoms with Crippen molar-refractivity contribution in [2.75, 3.05) is 18.1 Å². The Labute approximate surface area is 73.9 Å². The van der Waals surface area contributed by atoms with Crippen molar-refractivity contribution in [1.29, 1.82) is 0 Å². The van der Waals surface area contributed by atoms with Crippen LogP contribution in [0.4, 0.5) is 0 Å². The second kappa shape index (κ2) is 4.28. The van der Waals surface area contributed by atoms with Crippen molar-refractivity contribution in [3.05, 3.63) is 0 Å². The summed E-state index contributed by atoms with van der Waals surface area (Å²) in [6.45, 7) is 3.03. The lowest BCUT2D eigenvalue weighted by Gasteiger charge is -2.02. The van der Waals surface area contributed by atoms with E-state index in [-0.39, 0.29) is 12.4 Å². The maximum Gasteiger partial charge on any atom is 0.156 e. The first-order chi connectivity index (χ1) is 4.64. The Morgan fingerprint density at radius 3 is 2.55 bits per heavy atom. The van der Waals surface area contributed by atoms with Crippen LogP contribution in [0, 0.1) is 0 Å². The van der Waals surface area contributed by atoms with Crippen molar-refractivity contribution in [1.82, 2.24) is 0 Å². The molecule has 1 aliphatic heterocycles. The van der Waals surface area contributed by atoms with E-state index in [0.29, 0.717) is 17.5 Å². The van der Waals surface area contributed by atoms with Crippen LogP contribution in [0.2, 0.25) is 0 Å². The van der Waals surface area contributed by atoms with Gasteiger partial charge in [0.05, 0.1) is 12.3 Å². The zero-order chi connectivity index (χ0) is 7.61. The van der Waals surface area contributed by atoms with Crippen molar-refractivity contribution in [3.63, 3.8) is 0 Å². The molecule has 1 heterocycles. The monoisotopic (exact) mass is 199 g/mol. The molecule has 0 aliphatic carbocycles. The Bertz CT molecular complexity index is 203. The molecule has 0 amide bonds. The molecule has 1 unspecified atom stereocenters. The molecule has 11 heavy (non-hydrogen) atoms. The Morgan fingerprint density at radius 2 is 2.18 bits per heavy atom. The van der Waals surface area contributed by atoms with Gasteiger partial charge in [-0.1, -0.05) is 0 Å². The fraction of sp³-hybridized carbons (Fsp3) is 1.00. The van der Waals surface area contributed by atoms with Crippen LogP contribution in [0.5, 0.6) is 0 Å². The zero-order valence-electron chi connectivity index (χ0n) is 6.59. The first-order valence-corrected chi connectivity index (χ1v) is 5.50. The quantitative estimate of drug-likeness (QED) is 0.490. The summed E-state index contributed by atoms with van der Waals surface area (Å²) in [4.78, 5) is 0. The Kier molecular flexibility index (Phi) is 4.36. The third-order valence-electron chi connectivity index (χ3n) is 1.84. The predicted molar refractivity (Wildman–Crippen MR) is 39.5 cm³/mol. The molecule has 0 spiro atoms. The molecular formula is C6H14ClNO2S. The molecule has 1 aliphatic rings. The van der Waals surface area contributed by atoms with Crippen LogP contribution in [-0.2, 0) is 9.84 Å². The van der Waals surface area contributed by atoms with E-state index >= 15 is 0 Å². The third-order valence-corrected chi connectivity index (χ3v) is 3.63. The van der Waals surface area contributed by atoms with E-state index in [1.54, 1.807) is 0 Å². The number of hydrogen-bond donors (Lipinski definition) is 1. The second-order valence-corrected chi connectivity index (χ2v) is 5.04. The highest BCUT2D eigenvalue weighted by Gasteiger charge is 2.29. The van der Waals surface area contributed by atoms with E-state index in [0.717, 1.165) is 13.0 Å². The van der Waals surface area contributed by atoms with Crippen molar-refractivity contribution in [2.24, 2.45) is 0 Å². The standard InChI is InChI=1S/C6H13NO2S.ClH/c1-2-7-6-3-4-10(8,9)5-6;/h6-7H,2-5H2,1H3;1H. The maximum absolute atomic E-state index is 10.9. The van der Waals surface area contributed by atoms with Gasteiger partial charge in [-0.3, -0.25) is 0 Å². The molecule has 0 aromatic heterocycles. The van der Waals surface area contributed by atoms with Crippen LogP contribution < -0.4 is 17.7 Å². The Morgan fingerprint density at radius 1 is 1.55 bits per heavy atom. The van der Waals surface area contributed by atoms with Gasteiger partial charge in [0.15, 0.2) is 9.84 Å². The Balaban J connectivity index is 0.000001000. The highest BCUT2D eigenvalue weighted by atomic mass is 35.5. The van der Waals surface area contributed by atoms with Crippen LogP contribution in [0.25, 0.3) is 0 Å². The molecule has 1 rings (SSSR count). The van der Waals surface area contributed by atoms with Crippen LogP contribution in [0.1, 0.15) is 13.3 Å². The largest absolute Gasteiger partial charge is 1.00 e. The van der Waals surface area contributed by atoms with Gasteiger partial charge < -0.3 is 17.7 Å². The number of halogens is 1. The minimum absolute atomic E-state index is 0. The van der Waals surface area contributed by atoms with Gasteiger partial charge in [0.1, 0.15) is 11.8 Å². The number of hydrogen-bond acceptors (Lipinski definition) is 2. The summed E-state index contributed by atoms with van der Waals surface area (Å²) in [5.41, 5.74) is 0. The summed E-state index contributed by atoms with van der Waals surface area (Å²) >= 11 is 0. The van der Waals surface area contributed by atoms with Gasteiger partial charge in [-0.25, -0.2) is 8.42 Å². The van der Waals surface area contributed by atoms with Crippen molar-refractivity contribution >= 4 is 9.84 Å². The summed E-state index contributed by atoms with van der Waals surface area (Å²) in [7, 11) is -2.65. The summed E-state index contributed by atoms with van der Waals surface area (Å²) in [6.07, 6.45) is 0.843. The summed E-state index contributed by atoms with van der Waals surface area (Å²) in [5, 5.41) is 2.10. The normalized spacial score (nSPS) is 27.9. The molecule has 1 atom stereocenters. The summed E-state index contributed by atoms with van der Waals surface area (Å²) in [6, 6.07) is 0.343. The molecule has 0 aromatic carbocycles. The van der Waals surface area contributed by atoms with Gasteiger partial charge in [-0.15, -0.1) is 0 Å². The third kappa shape index (κ3) is 3.40. The van der Waals surface area contributed by atoms with Gasteiger partial charge in [0, 0.05) is 6.42 Å². The van der Waals surface area contributed by atoms with E-state index in [4.69, 9.17) is 0 Å². The van der Waals surface area contributed by atoms with Crippen LogP contribution in [0.15, 0.2) is 0 Å². The SMILES string of the molecule is CC[NH2+]C1CCS(=O)(=O)C1.[Cl-]. The van der Waals surface area contributed by atoms with E-state index in [1.165, 1.54) is 0 Å². The van der Waals surface area contributed by atoms with E-state index in [2.05, 4.69) is 5.32 Å². The lowest BCUT2D eigenvalue weighted by molar-refractivity contribution is -0.681. The number of sulfone groups is 1. The molecule has 1 saturated heterocycles. The zero-order valence-corrected chi connectivity index (χ0v) is 8.16. The van der Waals surface area contributed by atoms with Crippen LogP contribution in [0.3, 0.4) is 0 Å². The fourth-order valence-corrected chi connectivity index (χ4v) is 3.13. The Hall–Kier alpha value is 0.200. The van der Waals surface area contributed by atoms with Gasteiger partial charge in [0.2, 0.25) is 0 Å². The average Bonchev–Trinajstić information content (AvgIpc) is 2.12. The van der Waals surface area contributed by atoms with Crippen molar-refractivity contribution < 1.29 is 26.1 Å². The molecule has 5 heteroatoms. The van der Waals surface area contributed by atoms with E-state index < -0.39 is 9.84 Å². The molecular weight excluding hydrogens is 186 g/mol. The second-order valence-electron chi connectivity index (χ2n) is 2.81. The van der Waals surface area contributed by atoms with Gasteiger partial charge in [0.25, 0.3) is 0 Å². The van der Waals surface area contributed by atoms with Gasteiger partial charge in [-0.05, 0) is 6.92 Å². The topological polar surface area (TPSA) is 50.8 Å². The number of nitrogens with two attached hydrogens (primary N) is 1. The minimum atomic E-state index is -2.65. The highest BCUT2D eigenvalue weighted by Crippen LogP contribution is 2.07. The first kappa shape index (κ1) is 11.2. The number of rotatable bonds is 2. The van der Waals surface area contributed by atoms with Crippen LogP contribution in [-0.4, -0.2) is 32.5 Å². The molecule has 2 N–H and O–H groups in total. The summed E-state index contributed by atoms with van der Waals surface area (Å²) in [5.74, 6) is 0.787. The molecule has 0 radical (unpaired) electrons. The fourth-order valence-electron chi connectivity index (χ4n) is 1.34. The maximum atomic E-state index is 10.9. The van der Waals surface area contributed by atoms with Crippen molar-refractivity contribution in [2.45, 2.75) is 19.4 Å². The molecule has 1 fully saturated rings. The minimum Gasteiger partial charge on any atom is -1.00 e. The lowest BCUT2D eigenvalue weighted by atomic mass is 10.3. The van der Waals surface area contributed by atoms with E-state index in [9.17, 15) is 8.42 Å². The summed E-state index contributed by atoms with van der Waals surface area (Å²) < 4.78 is 21.8. The molecule has 0 aromatic rings. The smallest absolute Gasteiger partial charge is 0.156 e. The molecule has 68 valence electrons. The van der Waals surface area contributed by atoms with Gasteiger partial charge >= 0.3 is 0 Å². The first-order valence-electron chi connectivity index (χ1n) is 3.68. The number of quaternary nitrogens is 1. The highest BCUT2D eigenvalue weighted by molar-refractivity contribution is 7.91. The van der Waals surface area contributed by atoms with Crippen LogP contribution >= 0.6 is 0 Å². The molecule has 0 bridgehead atoms. The van der Waals surface area contributed by atoms with E-state index in [1.807, 2.05) is 6.92 Å². The lowest BCUT2D eigenvalue weighted by Crippen LogP contribution is -3.00. The van der Waals surface area contributed by atoms with Gasteiger partial charge in [-0.2, -0.15) is 0 Å².